The second kappa shape index (κ2) is 7.17. The maximum absolute atomic E-state index is 5.39. The van der Waals surface area contributed by atoms with Crippen molar-refractivity contribution in [3.8, 4) is 0 Å². The molecule has 1 N–H and O–H groups in total. The summed E-state index contributed by atoms with van der Waals surface area (Å²) in [7, 11) is 3.91. The predicted molar refractivity (Wildman–Crippen MR) is 61.2 cm³/mol. The van der Waals surface area contributed by atoms with Crippen molar-refractivity contribution in [2.24, 2.45) is 0 Å². The van der Waals surface area contributed by atoms with E-state index in [1.807, 2.05) is 0 Å². The van der Waals surface area contributed by atoms with Crippen LogP contribution in [-0.4, -0.2) is 64.1 Å². The smallest absolute Gasteiger partial charge is 0.0622 e. The van der Waals surface area contributed by atoms with Crippen LogP contribution in [0.25, 0.3) is 0 Å². The molecule has 0 amide bonds. The molecule has 1 aliphatic rings. The summed E-state index contributed by atoms with van der Waals surface area (Å²) in [5.41, 5.74) is 0. The van der Waals surface area contributed by atoms with Crippen molar-refractivity contribution in [3.63, 3.8) is 0 Å². The maximum Gasteiger partial charge on any atom is 0.0622 e. The lowest BCUT2D eigenvalue weighted by Crippen LogP contribution is -2.44. The molecule has 1 fully saturated rings. The molecule has 90 valence electrons. The summed E-state index contributed by atoms with van der Waals surface area (Å²) in [5, 5.41) is 3.38. The number of nitrogens with one attached hydrogen (secondary N) is 1. The second-order valence-electron chi connectivity index (χ2n) is 4.23. The summed E-state index contributed by atoms with van der Waals surface area (Å²) in [5.74, 6) is 0. The van der Waals surface area contributed by atoms with E-state index in [-0.39, 0.29) is 0 Å². The highest BCUT2D eigenvalue weighted by Gasteiger charge is 2.23. The van der Waals surface area contributed by atoms with Crippen LogP contribution in [0.15, 0.2) is 0 Å². The number of hydrogen-bond donors (Lipinski definition) is 1. The van der Waals surface area contributed by atoms with Crippen molar-refractivity contribution < 1.29 is 9.47 Å². The molecule has 2 atom stereocenters. The first-order valence-electron chi connectivity index (χ1n) is 5.75. The highest BCUT2D eigenvalue weighted by atomic mass is 16.5. The number of methoxy groups -OCH3 is 1. The van der Waals surface area contributed by atoms with Crippen LogP contribution in [0.1, 0.15) is 13.3 Å². The third-order valence-corrected chi connectivity index (χ3v) is 3.10. The molecule has 1 rings (SSSR count). The van der Waals surface area contributed by atoms with Gasteiger partial charge in [-0.15, -0.1) is 0 Å². The Labute approximate surface area is 92.9 Å². The van der Waals surface area contributed by atoms with Gasteiger partial charge in [-0.25, -0.2) is 0 Å². The summed E-state index contributed by atoms with van der Waals surface area (Å²) < 4.78 is 10.4. The molecule has 0 aliphatic carbocycles. The van der Waals surface area contributed by atoms with Crippen LogP contribution in [0.5, 0.6) is 0 Å². The molecule has 0 radical (unpaired) electrons. The minimum Gasteiger partial charge on any atom is -0.383 e. The summed E-state index contributed by atoms with van der Waals surface area (Å²) in [4.78, 5) is 2.41. The molecule has 0 spiro atoms. The van der Waals surface area contributed by atoms with Gasteiger partial charge in [0, 0.05) is 38.9 Å². The fourth-order valence-electron chi connectivity index (χ4n) is 1.83. The van der Waals surface area contributed by atoms with Gasteiger partial charge in [-0.3, -0.25) is 4.90 Å². The Morgan fingerprint density at radius 3 is 3.00 bits per heavy atom. The van der Waals surface area contributed by atoms with Crippen molar-refractivity contribution in [1.29, 1.82) is 0 Å². The number of rotatable bonds is 7. The third-order valence-electron chi connectivity index (χ3n) is 3.10. The van der Waals surface area contributed by atoms with E-state index in [0.717, 1.165) is 32.9 Å². The van der Waals surface area contributed by atoms with E-state index in [4.69, 9.17) is 9.47 Å². The molecule has 1 saturated heterocycles. The monoisotopic (exact) mass is 216 g/mol. The Bertz CT molecular complexity index is 161. The quantitative estimate of drug-likeness (QED) is 0.622. The van der Waals surface area contributed by atoms with E-state index >= 15 is 0 Å². The molecule has 0 bridgehead atoms. The molecule has 0 aromatic heterocycles. The number of ether oxygens (including phenoxy) is 2. The van der Waals surface area contributed by atoms with Crippen LogP contribution in [0.2, 0.25) is 0 Å². The molecule has 4 nitrogen and oxygen atoms in total. The van der Waals surface area contributed by atoms with Crippen molar-refractivity contribution in [1.82, 2.24) is 10.2 Å². The lowest BCUT2D eigenvalue weighted by Gasteiger charge is -2.29. The maximum atomic E-state index is 5.39. The van der Waals surface area contributed by atoms with E-state index in [0.29, 0.717) is 12.1 Å². The SMILES string of the molecule is COCCNCC(C)N(C)C1CCOC1. The second-order valence-corrected chi connectivity index (χ2v) is 4.23. The van der Waals surface area contributed by atoms with Gasteiger partial charge in [0.15, 0.2) is 0 Å². The van der Waals surface area contributed by atoms with Crippen molar-refractivity contribution >= 4 is 0 Å². The third kappa shape index (κ3) is 4.47. The average molecular weight is 216 g/mol. The molecular formula is C11H24N2O2. The molecule has 4 heteroatoms. The van der Waals surface area contributed by atoms with Gasteiger partial charge in [-0.1, -0.05) is 0 Å². The Hall–Kier alpha value is -0.160. The van der Waals surface area contributed by atoms with E-state index in [2.05, 4.69) is 24.2 Å². The zero-order valence-electron chi connectivity index (χ0n) is 10.2. The van der Waals surface area contributed by atoms with Crippen LogP contribution in [0, 0.1) is 0 Å². The van der Waals surface area contributed by atoms with Gasteiger partial charge >= 0.3 is 0 Å². The van der Waals surface area contributed by atoms with Crippen LogP contribution in [-0.2, 0) is 9.47 Å². The first kappa shape index (κ1) is 12.9. The van der Waals surface area contributed by atoms with E-state index in [1.165, 1.54) is 6.42 Å². The first-order chi connectivity index (χ1) is 7.25. The number of nitrogens with zero attached hydrogens (tertiary/aromatic N) is 1. The first-order valence-corrected chi connectivity index (χ1v) is 5.75. The van der Waals surface area contributed by atoms with Crippen LogP contribution in [0.4, 0.5) is 0 Å². The van der Waals surface area contributed by atoms with Gasteiger partial charge in [0.05, 0.1) is 13.2 Å². The van der Waals surface area contributed by atoms with Gasteiger partial charge in [0.1, 0.15) is 0 Å². The molecule has 0 aromatic carbocycles. The number of hydrogen-bond acceptors (Lipinski definition) is 4. The summed E-state index contributed by atoms with van der Waals surface area (Å²) in [6.45, 7) is 6.77. The van der Waals surface area contributed by atoms with Crippen LogP contribution in [0.3, 0.4) is 0 Å². The van der Waals surface area contributed by atoms with Crippen molar-refractivity contribution in [2.45, 2.75) is 25.4 Å². The highest BCUT2D eigenvalue weighted by molar-refractivity contribution is 4.78. The van der Waals surface area contributed by atoms with Crippen molar-refractivity contribution in [2.75, 3.05) is 47.1 Å². The minimum atomic E-state index is 0.550. The van der Waals surface area contributed by atoms with Crippen molar-refractivity contribution in [3.05, 3.63) is 0 Å². The summed E-state index contributed by atoms with van der Waals surface area (Å²) in [6, 6.07) is 1.15. The summed E-state index contributed by atoms with van der Waals surface area (Å²) >= 11 is 0. The van der Waals surface area contributed by atoms with Gasteiger partial charge in [0.2, 0.25) is 0 Å². The highest BCUT2D eigenvalue weighted by Crippen LogP contribution is 2.12. The Morgan fingerprint density at radius 1 is 1.60 bits per heavy atom. The normalized spacial score (nSPS) is 23.6. The predicted octanol–water partition coefficient (Wildman–Crippen LogP) is 0.332. The molecule has 2 unspecified atom stereocenters. The molecule has 1 heterocycles. The Morgan fingerprint density at radius 2 is 2.40 bits per heavy atom. The van der Waals surface area contributed by atoms with E-state index in [9.17, 15) is 0 Å². The largest absolute Gasteiger partial charge is 0.383 e. The van der Waals surface area contributed by atoms with Crippen LogP contribution >= 0.6 is 0 Å². The fraction of sp³-hybridized carbons (Fsp3) is 1.00. The molecule has 0 saturated carbocycles. The minimum absolute atomic E-state index is 0.550. The van der Waals surface area contributed by atoms with E-state index in [1.54, 1.807) is 7.11 Å². The van der Waals surface area contributed by atoms with Gasteiger partial charge in [-0.2, -0.15) is 0 Å². The van der Waals surface area contributed by atoms with Gasteiger partial charge in [0.25, 0.3) is 0 Å². The topological polar surface area (TPSA) is 33.7 Å². The molecule has 15 heavy (non-hydrogen) atoms. The van der Waals surface area contributed by atoms with Crippen LogP contribution < -0.4 is 5.32 Å². The molecular weight excluding hydrogens is 192 g/mol. The summed E-state index contributed by atoms with van der Waals surface area (Å²) in [6.07, 6.45) is 1.17. The molecule has 1 aliphatic heterocycles. The zero-order valence-corrected chi connectivity index (χ0v) is 10.2. The fourth-order valence-corrected chi connectivity index (χ4v) is 1.83. The standard InChI is InChI=1S/C11H24N2O2/c1-10(8-12-5-7-14-3)13(2)11-4-6-15-9-11/h10-12H,4-9H2,1-3H3. The Balaban J connectivity index is 2.11. The molecule has 0 aromatic rings. The van der Waals surface area contributed by atoms with Gasteiger partial charge in [-0.05, 0) is 20.4 Å². The average Bonchev–Trinajstić information content (AvgIpc) is 2.76. The van der Waals surface area contributed by atoms with E-state index < -0.39 is 0 Å². The van der Waals surface area contributed by atoms with Gasteiger partial charge < -0.3 is 14.8 Å². The lowest BCUT2D eigenvalue weighted by molar-refractivity contribution is 0.134. The zero-order chi connectivity index (χ0) is 11.1. The Kier molecular flexibility index (Phi) is 6.17. The number of likely N-dealkylation sites (N-methyl/N-ethyl adjacent to an activating group) is 1. The lowest BCUT2D eigenvalue weighted by atomic mass is 10.2.